The first-order chi connectivity index (χ1) is 9.60. The smallest absolute Gasteiger partial charge is 0.258 e. The fourth-order valence-corrected chi connectivity index (χ4v) is 2.45. The summed E-state index contributed by atoms with van der Waals surface area (Å²) in [7, 11) is 0. The zero-order chi connectivity index (χ0) is 15.0. The lowest BCUT2D eigenvalue weighted by molar-refractivity contribution is -0.123. The number of carbonyl (C=O) groups excluding carboxylic acids is 1. The van der Waals surface area contributed by atoms with Crippen molar-refractivity contribution < 1.29 is 14.6 Å². The molecular weight excluding hydrogens is 274 g/mol. The maximum atomic E-state index is 11.8. The van der Waals surface area contributed by atoms with Crippen LogP contribution < -0.4 is 10.1 Å². The van der Waals surface area contributed by atoms with Crippen LogP contribution in [0.1, 0.15) is 19.4 Å². The number of rotatable bonds is 8. The Labute approximate surface area is 124 Å². The molecule has 1 aromatic rings. The van der Waals surface area contributed by atoms with Crippen LogP contribution in [-0.4, -0.2) is 41.8 Å². The fraction of sp³-hybridized carbons (Fsp3) is 0.533. The lowest BCUT2D eigenvalue weighted by Gasteiger charge is -2.21. The van der Waals surface area contributed by atoms with Gasteiger partial charge in [-0.25, -0.2) is 0 Å². The third kappa shape index (κ3) is 5.43. The van der Waals surface area contributed by atoms with Gasteiger partial charge in [-0.2, -0.15) is 11.8 Å². The summed E-state index contributed by atoms with van der Waals surface area (Å²) in [6, 6.07) is 7.64. The number of carbonyl (C=O) groups is 1. The highest BCUT2D eigenvalue weighted by Gasteiger charge is 2.17. The first-order valence-corrected chi connectivity index (χ1v) is 8.04. The van der Waals surface area contributed by atoms with Gasteiger partial charge < -0.3 is 15.2 Å². The van der Waals surface area contributed by atoms with Crippen LogP contribution in [0.5, 0.6) is 5.75 Å². The molecule has 0 fully saturated rings. The number of aryl methyl sites for hydroxylation is 1. The van der Waals surface area contributed by atoms with E-state index in [1.54, 1.807) is 0 Å². The molecular formula is C15H23NO3S. The van der Waals surface area contributed by atoms with E-state index in [2.05, 4.69) is 12.2 Å². The van der Waals surface area contributed by atoms with Crippen molar-refractivity contribution in [3.8, 4) is 5.75 Å². The quantitative estimate of drug-likeness (QED) is 0.769. The zero-order valence-electron chi connectivity index (χ0n) is 12.3. The maximum Gasteiger partial charge on any atom is 0.258 e. The summed E-state index contributed by atoms with van der Waals surface area (Å²) in [6.45, 7) is 3.99. The second-order valence-electron chi connectivity index (χ2n) is 4.60. The molecule has 20 heavy (non-hydrogen) atoms. The van der Waals surface area contributed by atoms with Crippen molar-refractivity contribution in [1.29, 1.82) is 0 Å². The van der Waals surface area contributed by atoms with Gasteiger partial charge in [0, 0.05) is 11.3 Å². The van der Waals surface area contributed by atoms with Gasteiger partial charge in [-0.1, -0.05) is 19.1 Å². The van der Waals surface area contributed by atoms with Crippen molar-refractivity contribution in [3.05, 3.63) is 29.8 Å². The van der Waals surface area contributed by atoms with E-state index in [0.717, 1.165) is 6.42 Å². The average Bonchev–Trinajstić information content (AvgIpc) is 2.46. The molecule has 4 nitrogen and oxygen atoms in total. The van der Waals surface area contributed by atoms with Crippen LogP contribution in [0, 0.1) is 0 Å². The molecule has 0 heterocycles. The number of aliphatic hydroxyl groups excluding tert-OH is 1. The van der Waals surface area contributed by atoms with E-state index in [4.69, 9.17) is 4.74 Å². The van der Waals surface area contributed by atoms with Crippen molar-refractivity contribution in [2.24, 2.45) is 0 Å². The summed E-state index contributed by atoms with van der Waals surface area (Å²) < 4.78 is 5.48. The molecule has 0 bridgehead atoms. The summed E-state index contributed by atoms with van der Waals surface area (Å²) >= 11 is 1.53. The molecule has 2 N–H and O–H groups in total. The minimum atomic E-state index is -0.174. The highest BCUT2D eigenvalue weighted by atomic mass is 32.2. The van der Waals surface area contributed by atoms with E-state index in [0.29, 0.717) is 5.75 Å². The number of amides is 1. The Kier molecular flexibility index (Phi) is 7.47. The summed E-state index contributed by atoms with van der Waals surface area (Å²) in [5.41, 5.74) is 1.18. The van der Waals surface area contributed by atoms with E-state index in [-0.39, 0.29) is 30.4 Å². The van der Waals surface area contributed by atoms with Crippen LogP contribution >= 0.6 is 11.8 Å². The van der Waals surface area contributed by atoms with Crippen molar-refractivity contribution in [2.75, 3.05) is 19.5 Å². The van der Waals surface area contributed by atoms with Gasteiger partial charge in [0.25, 0.3) is 5.91 Å². The van der Waals surface area contributed by atoms with E-state index >= 15 is 0 Å². The summed E-state index contributed by atoms with van der Waals surface area (Å²) in [5, 5.41) is 12.0. The molecule has 0 spiro atoms. The molecule has 0 aromatic heterocycles. The third-order valence-corrected chi connectivity index (χ3v) is 4.27. The van der Waals surface area contributed by atoms with E-state index in [9.17, 15) is 9.90 Å². The first kappa shape index (κ1) is 16.9. The number of aliphatic hydroxyl groups is 1. The predicted molar refractivity (Wildman–Crippen MR) is 83.3 cm³/mol. The van der Waals surface area contributed by atoms with Crippen LogP contribution in [0.4, 0.5) is 0 Å². The molecule has 112 valence electrons. The number of hydrogen-bond donors (Lipinski definition) is 2. The van der Waals surface area contributed by atoms with Gasteiger partial charge in [0.15, 0.2) is 6.61 Å². The molecule has 0 radical (unpaired) electrons. The van der Waals surface area contributed by atoms with Crippen LogP contribution in [-0.2, 0) is 11.2 Å². The predicted octanol–water partition coefficient (Wildman–Crippen LogP) is 1.86. The molecule has 5 heteroatoms. The molecule has 1 rings (SSSR count). The Hall–Kier alpha value is -1.20. The van der Waals surface area contributed by atoms with E-state index < -0.39 is 0 Å². The molecule has 2 unspecified atom stereocenters. The van der Waals surface area contributed by atoms with E-state index in [1.807, 2.05) is 37.4 Å². The normalized spacial score (nSPS) is 13.6. The summed E-state index contributed by atoms with van der Waals surface area (Å²) in [5.74, 6) is 0.530. The molecule has 1 aromatic carbocycles. The number of ether oxygens (including phenoxy) is 1. The van der Waals surface area contributed by atoms with Gasteiger partial charge in [0.1, 0.15) is 5.75 Å². The molecule has 0 aliphatic heterocycles. The van der Waals surface area contributed by atoms with Gasteiger partial charge in [0.05, 0.1) is 6.61 Å². The van der Waals surface area contributed by atoms with Crippen molar-refractivity contribution >= 4 is 17.7 Å². The van der Waals surface area contributed by atoms with Gasteiger partial charge in [-0.05, 0) is 37.3 Å². The van der Waals surface area contributed by atoms with Crippen LogP contribution in [0.15, 0.2) is 24.3 Å². The number of nitrogens with one attached hydrogen (secondary N) is 1. The maximum absolute atomic E-state index is 11.8. The van der Waals surface area contributed by atoms with E-state index in [1.165, 1.54) is 17.3 Å². The molecule has 0 saturated heterocycles. The van der Waals surface area contributed by atoms with Crippen LogP contribution in [0.3, 0.4) is 0 Å². The SMILES string of the molecule is CCc1cccc(OCC(=O)NC(C)C(CO)SC)c1. The van der Waals surface area contributed by atoms with Crippen molar-refractivity contribution in [1.82, 2.24) is 5.32 Å². The van der Waals surface area contributed by atoms with Crippen LogP contribution in [0.25, 0.3) is 0 Å². The minimum absolute atomic E-state index is 0.00219. The lowest BCUT2D eigenvalue weighted by atomic mass is 10.2. The number of benzene rings is 1. The standard InChI is InChI=1S/C15H23NO3S/c1-4-12-6-5-7-13(8-12)19-10-15(18)16-11(2)14(9-17)20-3/h5-8,11,14,17H,4,9-10H2,1-3H3,(H,16,18). The fourth-order valence-electron chi connectivity index (χ4n) is 1.83. The molecule has 0 aliphatic carbocycles. The summed E-state index contributed by atoms with van der Waals surface area (Å²) in [4.78, 5) is 11.8. The lowest BCUT2D eigenvalue weighted by Crippen LogP contribution is -2.43. The van der Waals surface area contributed by atoms with Crippen molar-refractivity contribution in [3.63, 3.8) is 0 Å². The van der Waals surface area contributed by atoms with Gasteiger partial charge in [-0.15, -0.1) is 0 Å². The number of hydrogen-bond acceptors (Lipinski definition) is 4. The monoisotopic (exact) mass is 297 g/mol. The largest absolute Gasteiger partial charge is 0.484 e. The minimum Gasteiger partial charge on any atom is -0.484 e. The second kappa shape index (κ2) is 8.87. The Bertz CT molecular complexity index is 421. The highest BCUT2D eigenvalue weighted by molar-refractivity contribution is 7.99. The first-order valence-electron chi connectivity index (χ1n) is 6.75. The molecule has 1 amide bonds. The van der Waals surface area contributed by atoms with Crippen LogP contribution in [0.2, 0.25) is 0 Å². The molecule has 0 aliphatic rings. The highest BCUT2D eigenvalue weighted by Crippen LogP contribution is 2.14. The van der Waals surface area contributed by atoms with Gasteiger partial charge in [0.2, 0.25) is 0 Å². The average molecular weight is 297 g/mol. The summed E-state index contributed by atoms with van der Waals surface area (Å²) in [6.07, 6.45) is 2.85. The topological polar surface area (TPSA) is 58.6 Å². The molecule has 0 saturated carbocycles. The third-order valence-electron chi connectivity index (χ3n) is 3.11. The Morgan fingerprint density at radius 1 is 1.50 bits per heavy atom. The number of thioether (sulfide) groups is 1. The molecule has 2 atom stereocenters. The second-order valence-corrected chi connectivity index (χ2v) is 5.68. The zero-order valence-corrected chi connectivity index (χ0v) is 13.1. The van der Waals surface area contributed by atoms with Gasteiger partial charge >= 0.3 is 0 Å². The Morgan fingerprint density at radius 2 is 2.25 bits per heavy atom. The Morgan fingerprint density at radius 3 is 2.85 bits per heavy atom. The van der Waals surface area contributed by atoms with Gasteiger partial charge in [-0.3, -0.25) is 4.79 Å². The Balaban J connectivity index is 2.42. The van der Waals surface area contributed by atoms with Crippen molar-refractivity contribution in [2.45, 2.75) is 31.6 Å².